The van der Waals surface area contributed by atoms with Gasteiger partial charge in [0, 0.05) is 30.2 Å². The number of hydrogen-bond donors (Lipinski definition) is 1. The number of nitrogens with one attached hydrogen (secondary N) is 1. The smallest absolute Gasteiger partial charge is 0.257 e. The van der Waals surface area contributed by atoms with E-state index >= 15 is 0 Å². The number of carbonyl (C=O) groups is 1. The van der Waals surface area contributed by atoms with Crippen LogP contribution >= 0.6 is 0 Å². The first-order valence-corrected chi connectivity index (χ1v) is 9.48. The van der Waals surface area contributed by atoms with Gasteiger partial charge in [-0.3, -0.25) is 4.79 Å². The van der Waals surface area contributed by atoms with E-state index in [1.807, 2.05) is 62.4 Å². The zero-order valence-corrected chi connectivity index (χ0v) is 16.2. The van der Waals surface area contributed by atoms with Crippen molar-refractivity contribution in [1.82, 2.24) is 9.55 Å². The van der Waals surface area contributed by atoms with Crippen LogP contribution in [-0.4, -0.2) is 41.8 Å². The number of nitrogens with zero attached hydrogens (tertiary/aromatic N) is 3. The topological polar surface area (TPSA) is 59.4 Å². The van der Waals surface area contributed by atoms with Crippen molar-refractivity contribution in [2.45, 2.75) is 13.8 Å². The fraction of sp³-hybridized carbons (Fsp3) is 0.273. The van der Waals surface area contributed by atoms with Crippen LogP contribution in [0.15, 0.2) is 54.7 Å². The molecular weight excluding hydrogens is 352 g/mol. The lowest BCUT2D eigenvalue weighted by Crippen LogP contribution is -2.36. The highest BCUT2D eigenvalue weighted by Gasteiger charge is 2.17. The van der Waals surface area contributed by atoms with Gasteiger partial charge in [0.2, 0.25) is 0 Å². The maximum absolute atomic E-state index is 12.8. The van der Waals surface area contributed by atoms with Gasteiger partial charge in [0.1, 0.15) is 5.82 Å². The van der Waals surface area contributed by atoms with Crippen molar-refractivity contribution < 1.29 is 9.53 Å². The average molecular weight is 376 g/mol. The highest BCUT2D eigenvalue weighted by Crippen LogP contribution is 2.22. The molecule has 6 heteroatoms. The predicted octanol–water partition coefficient (Wildman–Crippen LogP) is 3.58. The second-order valence-corrected chi connectivity index (χ2v) is 6.91. The van der Waals surface area contributed by atoms with Gasteiger partial charge >= 0.3 is 0 Å². The third-order valence-electron chi connectivity index (χ3n) is 5.03. The number of para-hydroxylation sites is 1. The van der Waals surface area contributed by atoms with Crippen LogP contribution in [-0.2, 0) is 4.74 Å². The summed E-state index contributed by atoms with van der Waals surface area (Å²) in [5, 5.41) is 2.96. The second kappa shape index (κ2) is 7.86. The molecule has 6 nitrogen and oxygen atoms in total. The number of rotatable bonds is 4. The van der Waals surface area contributed by atoms with Gasteiger partial charge in [-0.05, 0) is 44.2 Å². The molecule has 0 bridgehead atoms. The summed E-state index contributed by atoms with van der Waals surface area (Å²) in [7, 11) is 0. The molecule has 0 saturated carbocycles. The van der Waals surface area contributed by atoms with E-state index < -0.39 is 0 Å². The van der Waals surface area contributed by atoms with E-state index in [1.165, 1.54) is 0 Å². The van der Waals surface area contributed by atoms with Crippen LogP contribution in [0.5, 0.6) is 0 Å². The molecule has 0 aliphatic carbocycles. The van der Waals surface area contributed by atoms with Crippen molar-refractivity contribution in [3.63, 3.8) is 0 Å². The minimum absolute atomic E-state index is 0.129. The highest BCUT2D eigenvalue weighted by atomic mass is 16.5. The first-order valence-electron chi connectivity index (χ1n) is 9.48. The third-order valence-corrected chi connectivity index (χ3v) is 5.03. The van der Waals surface area contributed by atoms with E-state index in [-0.39, 0.29) is 5.91 Å². The lowest BCUT2D eigenvalue weighted by molar-refractivity contribution is 0.102. The molecule has 3 heterocycles. The van der Waals surface area contributed by atoms with Crippen molar-refractivity contribution in [2.24, 2.45) is 0 Å². The summed E-state index contributed by atoms with van der Waals surface area (Å²) in [5.41, 5.74) is 4.34. The average Bonchev–Trinajstić information content (AvgIpc) is 3.04. The summed E-state index contributed by atoms with van der Waals surface area (Å²) in [6.07, 6.45) is 1.71. The van der Waals surface area contributed by atoms with Crippen LogP contribution < -0.4 is 10.2 Å². The second-order valence-electron chi connectivity index (χ2n) is 6.91. The van der Waals surface area contributed by atoms with Crippen LogP contribution in [0.4, 0.5) is 11.5 Å². The number of aromatic nitrogens is 2. The Morgan fingerprint density at radius 2 is 1.82 bits per heavy atom. The molecule has 1 saturated heterocycles. The van der Waals surface area contributed by atoms with Crippen LogP contribution in [0, 0.1) is 13.8 Å². The van der Waals surface area contributed by atoms with Gasteiger partial charge in [-0.15, -0.1) is 0 Å². The molecule has 1 aliphatic heterocycles. The minimum atomic E-state index is -0.129. The number of anilines is 2. The Balaban J connectivity index is 1.51. The first kappa shape index (κ1) is 18.3. The van der Waals surface area contributed by atoms with Crippen molar-refractivity contribution in [3.05, 3.63) is 71.7 Å². The summed E-state index contributed by atoms with van der Waals surface area (Å²) in [6, 6.07) is 15.8. The molecule has 1 fully saturated rings. The number of pyridine rings is 1. The van der Waals surface area contributed by atoms with Crippen LogP contribution in [0.25, 0.3) is 5.69 Å². The molecule has 1 aliphatic rings. The van der Waals surface area contributed by atoms with Crippen LogP contribution in [0.1, 0.15) is 21.7 Å². The minimum Gasteiger partial charge on any atom is -0.378 e. The molecule has 0 unspecified atom stereocenters. The molecule has 0 atom stereocenters. The first-order chi connectivity index (χ1) is 13.6. The summed E-state index contributed by atoms with van der Waals surface area (Å²) < 4.78 is 7.46. The van der Waals surface area contributed by atoms with Gasteiger partial charge in [-0.25, -0.2) is 4.98 Å². The summed E-state index contributed by atoms with van der Waals surface area (Å²) in [5.74, 6) is 0.778. The van der Waals surface area contributed by atoms with Crippen LogP contribution in [0.2, 0.25) is 0 Å². The van der Waals surface area contributed by atoms with Gasteiger partial charge in [0.05, 0.1) is 30.7 Å². The van der Waals surface area contributed by atoms with Gasteiger partial charge in [-0.2, -0.15) is 0 Å². The van der Waals surface area contributed by atoms with Crippen molar-refractivity contribution in [2.75, 3.05) is 36.5 Å². The number of carbonyl (C=O) groups excluding carboxylic acids is 1. The largest absolute Gasteiger partial charge is 0.378 e. The monoisotopic (exact) mass is 376 g/mol. The molecule has 2 aromatic heterocycles. The number of benzene rings is 1. The van der Waals surface area contributed by atoms with Crippen molar-refractivity contribution >= 4 is 17.4 Å². The molecule has 1 aromatic carbocycles. The number of morpholine rings is 1. The number of hydrogen-bond acceptors (Lipinski definition) is 4. The maximum atomic E-state index is 12.8. The number of aryl methyl sites for hydroxylation is 1. The molecule has 144 valence electrons. The van der Waals surface area contributed by atoms with E-state index in [4.69, 9.17) is 4.74 Å². The number of ether oxygens (including phenoxy) is 1. The Hall–Kier alpha value is -3.12. The van der Waals surface area contributed by atoms with Crippen LogP contribution in [0.3, 0.4) is 0 Å². The summed E-state index contributed by atoms with van der Waals surface area (Å²) >= 11 is 0. The fourth-order valence-corrected chi connectivity index (χ4v) is 3.61. The van der Waals surface area contributed by atoms with Crippen molar-refractivity contribution in [1.29, 1.82) is 0 Å². The Bertz CT molecular complexity index is 958. The zero-order valence-electron chi connectivity index (χ0n) is 16.2. The molecule has 28 heavy (non-hydrogen) atoms. The quantitative estimate of drug-likeness (QED) is 0.756. The Morgan fingerprint density at radius 3 is 2.50 bits per heavy atom. The van der Waals surface area contributed by atoms with Gasteiger partial charge in [0.15, 0.2) is 0 Å². The molecule has 1 N–H and O–H groups in total. The zero-order chi connectivity index (χ0) is 19.5. The molecule has 3 aromatic rings. The molecule has 0 radical (unpaired) electrons. The van der Waals surface area contributed by atoms with Gasteiger partial charge < -0.3 is 19.5 Å². The molecule has 4 rings (SSSR count). The predicted molar refractivity (Wildman–Crippen MR) is 110 cm³/mol. The van der Waals surface area contributed by atoms with E-state index in [9.17, 15) is 4.79 Å². The lowest BCUT2D eigenvalue weighted by Gasteiger charge is -2.27. The summed E-state index contributed by atoms with van der Waals surface area (Å²) in [6.45, 7) is 7.09. The lowest BCUT2D eigenvalue weighted by atomic mass is 10.2. The Kier molecular flexibility index (Phi) is 5.12. The van der Waals surface area contributed by atoms with E-state index in [2.05, 4.69) is 19.8 Å². The van der Waals surface area contributed by atoms with Gasteiger partial charge in [-0.1, -0.05) is 18.2 Å². The van der Waals surface area contributed by atoms with Gasteiger partial charge in [0.25, 0.3) is 5.91 Å². The molecule has 1 amide bonds. The SMILES string of the molecule is Cc1cc(C(=O)Nc2ccc(N3CCOCC3)nc2)c(C)n1-c1ccccc1. The third kappa shape index (κ3) is 3.64. The van der Waals surface area contributed by atoms with E-state index in [0.717, 1.165) is 49.2 Å². The Labute approximate surface area is 164 Å². The fourth-order valence-electron chi connectivity index (χ4n) is 3.61. The van der Waals surface area contributed by atoms with E-state index in [0.29, 0.717) is 11.3 Å². The highest BCUT2D eigenvalue weighted by molar-refractivity contribution is 6.05. The maximum Gasteiger partial charge on any atom is 0.257 e. The van der Waals surface area contributed by atoms with E-state index in [1.54, 1.807) is 6.20 Å². The molecule has 0 spiro atoms. The summed E-state index contributed by atoms with van der Waals surface area (Å²) in [4.78, 5) is 19.5. The van der Waals surface area contributed by atoms with Crippen molar-refractivity contribution in [3.8, 4) is 5.69 Å². The number of amides is 1. The molecular formula is C22H24N4O2. The normalized spacial score (nSPS) is 14.1. The Morgan fingerprint density at radius 1 is 1.07 bits per heavy atom. The standard InChI is InChI=1S/C22H24N4O2/c1-16-14-20(17(2)26(16)19-6-4-3-5-7-19)22(27)24-18-8-9-21(23-15-18)25-10-12-28-13-11-25/h3-9,14-15H,10-13H2,1-2H3,(H,24,27).